The Hall–Kier alpha value is -1.13. The molecule has 1 aliphatic rings. The molecule has 0 bridgehead atoms. The summed E-state index contributed by atoms with van der Waals surface area (Å²) in [4.78, 5) is 3.36. The zero-order valence-electron chi connectivity index (χ0n) is 11.5. The molecule has 4 heteroatoms. The molecule has 1 saturated heterocycles. The second-order valence-electron chi connectivity index (χ2n) is 5.46. The number of nitrogens with zero attached hydrogens (tertiary/aromatic N) is 1. The van der Waals surface area contributed by atoms with Crippen LogP contribution in [0.3, 0.4) is 0 Å². The number of H-pyrrole nitrogens is 1. The molecule has 1 unspecified atom stereocenters. The first-order valence-corrected chi connectivity index (χ1v) is 7.37. The zero-order valence-corrected chi connectivity index (χ0v) is 12.3. The Kier molecular flexibility index (Phi) is 3.46. The van der Waals surface area contributed by atoms with E-state index >= 15 is 0 Å². The number of hydrogen-bond acceptors (Lipinski definition) is 2. The van der Waals surface area contributed by atoms with Crippen molar-refractivity contribution < 1.29 is 4.74 Å². The monoisotopic (exact) mass is 276 g/mol. The average molecular weight is 276 g/mol. The van der Waals surface area contributed by atoms with Gasteiger partial charge in [-0.25, -0.2) is 0 Å². The topological polar surface area (TPSA) is 29.9 Å². The third-order valence-corrected chi connectivity index (χ3v) is 4.62. The molecule has 1 fully saturated rings. The van der Waals surface area contributed by atoms with Crippen molar-refractivity contribution in [3.63, 3.8) is 0 Å². The van der Waals surface area contributed by atoms with Crippen molar-refractivity contribution in [2.45, 2.75) is 32.7 Å². The molecule has 0 spiro atoms. The Balaban J connectivity index is 2.06. The van der Waals surface area contributed by atoms with E-state index in [0.29, 0.717) is 12.0 Å². The number of imidazole rings is 1. The smallest absolute Gasteiger partial charge is 0.178 e. The summed E-state index contributed by atoms with van der Waals surface area (Å²) in [5, 5.41) is 0. The molecule has 2 heterocycles. The number of aryl methyl sites for hydroxylation is 1. The summed E-state index contributed by atoms with van der Waals surface area (Å²) in [6, 6.07) is 6.81. The van der Waals surface area contributed by atoms with Crippen LogP contribution in [0.5, 0.6) is 0 Å². The molecule has 1 atom stereocenters. The third-order valence-electron chi connectivity index (χ3n) is 4.32. The van der Waals surface area contributed by atoms with Crippen LogP contribution in [0.25, 0.3) is 11.0 Å². The average Bonchev–Trinajstić information content (AvgIpc) is 2.77. The highest BCUT2D eigenvalue weighted by Crippen LogP contribution is 2.31. The number of aromatic amines is 1. The second-order valence-corrected chi connectivity index (χ2v) is 5.85. The molecule has 0 radical (unpaired) electrons. The van der Waals surface area contributed by atoms with Gasteiger partial charge in [-0.3, -0.25) is 0 Å². The lowest BCUT2D eigenvalue weighted by Gasteiger charge is -2.29. The van der Waals surface area contributed by atoms with E-state index in [9.17, 15) is 0 Å². The number of rotatable bonds is 2. The van der Waals surface area contributed by atoms with Gasteiger partial charge in [-0.2, -0.15) is 0 Å². The highest BCUT2D eigenvalue weighted by molar-refractivity contribution is 7.71. The molecule has 0 amide bonds. The first-order valence-electron chi connectivity index (χ1n) is 6.96. The van der Waals surface area contributed by atoms with Gasteiger partial charge in [0.2, 0.25) is 0 Å². The summed E-state index contributed by atoms with van der Waals surface area (Å²) in [6.45, 7) is 6.16. The Labute approximate surface area is 118 Å². The first-order chi connectivity index (χ1) is 9.18. The van der Waals surface area contributed by atoms with Crippen molar-refractivity contribution in [2.75, 3.05) is 13.2 Å². The molecule has 3 rings (SSSR count). The Morgan fingerprint density at radius 1 is 1.37 bits per heavy atom. The minimum atomic E-state index is 0.423. The molecule has 1 aliphatic heterocycles. The number of fused-ring (bicyclic) bond motifs is 1. The van der Waals surface area contributed by atoms with Gasteiger partial charge in [0.15, 0.2) is 4.77 Å². The maximum Gasteiger partial charge on any atom is 0.178 e. The van der Waals surface area contributed by atoms with Crippen LogP contribution in [0.1, 0.15) is 31.4 Å². The maximum absolute atomic E-state index is 5.53. The van der Waals surface area contributed by atoms with Crippen molar-refractivity contribution >= 4 is 23.3 Å². The van der Waals surface area contributed by atoms with Gasteiger partial charge in [0, 0.05) is 19.3 Å². The Morgan fingerprint density at radius 3 is 2.84 bits per heavy atom. The van der Waals surface area contributed by atoms with Crippen molar-refractivity contribution in [3.05, 3.63) is 28.5 Å². The van der Waals surface area contributed by atoms with E-state index in [-0.39, 0.29) is 0 Å². The maximum atomic E-state index is 5.53. The van der Waals surface area contributed by atoms with Gasteiger partial charge in [-0.05, 0) is 56.5 Å². The molecule has 102 valence electrons. The van der Waals surface area contributed by atoms with Crippen LogP contribution >= 0.6 is 12.2 Å². The number of aromatic nitrogens is 2. The number of ether oxygens (including phenoxy) is 1. The second kappa shape index (κ2) is 5.10. The SMILES string of the molecule is Cc1cccc2c1[nH]c(=S)n2C(C)C1CCOCC1. The Morgan fingerprint density at radius 2 is 2.11 bits per heavy atom. The van der Waals surface area contributed by atoms with Crippen LogP contribution in [0.4, 0.5) is 0 Å². The summed E-state index contributed by atoms with van der Waals surface area (Å²) >= 11 is 5.53. The first kappa shape index (κ1) is 12.9. The standard InChI is InChI=1S/C15H20N2OS/c1-10-4-3-5-13-14(10)16-15(19)17(13)11(2)12-6-8-18-9-7-12/h3-5,11-12H,6-9H2,1-2H3,(H,16,19). The van der Waals surface area contributed by atoms with Gasteiger partial charge in [-0.15, -0.1) is 0 Å². The summed E-state index contributed by atoms with van der Waals surface area (Å²) in [5.41, 5.74) is 3.65. The van der Waals surface area contributed by atoms with Crippen molar-refractivity contribution in [1.82, 2.24) is 9.55 Å². The van der Waals surface area contributed by atoms with Crippen LogP contribution in [0.15, 0.2) is 18.2 Å². The molecule has 1 N–H and O–H groups in total. The molecule has 1 aromatic carbocycles. The number of benzene rings is 1. The van der Waals surface area contributed by atoms with E-state index in [1.807, 2.05) is 0 Å². The largest absolute Gasteiger partial charge is 0.381 e. The summed E-state index contributed by atoms with van der Waals surface area (Å²) < 4.78 is 8.58. The lowest BCUT2D eigenvalue weighted by Crippen LogP contribution is -2.24. The van der Waals surface area contributed by atoms with Crippen molar-refractivity contribution in [1.29, 1.82) is 0 Å². The fraction of sp³-hybridized carbons (Fsp3) is 0.533. The molecule has 0 saturated carbocycles. The molecule has 3 nitrogen and oxygen atoms in total. The highest BCUT2D eigenvalue weighted by Gasteiger charge is 2.23. The minimum absolute atomic E-state index is 0.423. The predicted octanol–water partition coefficient (Wildman–Crippen LogP) is 3.99. The van der Waals surface area contributed by atoms with Crippen LogP contribution < -0.4 is 0 Å². The zero-order chi connectivity index (χ0) is 13.4. The lowest BCUT2D eigenvalue weighted by atomic mass is 9.92. The summed E-state index contributed by atoms with van der Waals surface area (Å²) in [5.74, 6) is 0.653. The van der Waals surface area contributed by atoms with E-state index in [2.05, 4.69) is 41.6 Å². The van der Waals surface area contributed by atoms with E-state index in [0.717, 1.165) is 30.8 Å². The molecular weight excluding hydrogens is 256 g/mol. The summed E-state index contributed by atoms with van der Waals surface area (Å²) in [7, 11) is 0. The number of nitrogens with one attached hydrogen (secondary N) is 1. The molecule has 1 aromatic heterocycles. The predicted molar refractivity (Wildman–Crippen MR) is 80.1 cm³/mol. The van der Waals surface area contributed by atoms with Crippen LogP contribution in [-0.2, 0) is 4.74 Å². The van der Waals surface area contributed by atoms with Gasteiger partial charge in [-0.1, -0.05) is 12.1 Å². The van der Waals surface area contributed by atoms with Crippen molar-refractivity contribution in [2.24, 2.45) is 5.92 Å². The highest BCUT2D eigenvalue weighted by atomic mass is 32.1. The molecular formula is C15H20N2OS. The van der Waals surface area contributed by atoms with E-state index < -0.39 is 0 Å². The van der Waals surface area contributed by atoms with Crippen LogP contribution in [-0.4, -0.2) is 22.8 Å². The van der Waals surface area contributed by atoms with E-state index in [1.54, 1.807) is 0 Å². The molecule has 2 aromatic rings. The fourth-order valence-electron chi connectivity index (χ4n) is 3.11. The van der Waals surface area contributed by atoms with E-state index in [4.69, 9.17) is 17.0 Å². The van der Waals surface area contributed by atoms with Gasteiger partial charge in [0.1, 0.15) is 0 Å². The number of hydrogen-bond donors (Lipinski definition) is 1. The normalized spacial score (nSPS) is 18.8. The van der Waals surface area contributed by atoms with Gasteiger partial charge < -0.3 is 14.3 Å². The lowest BCUT2D eigenvalue weighted by molar-refractivity contribution is 0.0517. The van der Waals surface area contributed by atoms with Crippen LogP contribution in [0.2, 0.25) is 0 Å². The van der Waals surface area contributed by atoms with Gasteiger partial charge >= 0.3 is 0 Å². The van der Waals surface area contributed by atoms with Crippen molar-refractivity contribution in [3.8, 4) is 0 Å². The van der Waals surface area contributed by atoms with Gasteiger partial charge in [0.25, 0.3) is 0 Å². The minimum Gasteiger partial charge on any atom is -0.381 e. The fourth-order valence-corrected chi connectivity index (χ4v) is 3.47. The quantitative estimate of drug-likeness (QED) is 0.840. The Bertz CT molecular complexity index is 637. The molecule has 0 aliphatic carbocycles. The van der Waals surface area contributed by atoms with Gasteiger partial charge in [0.05, 0.1) is 11.0 Å². The molecule has 19 heavy (non-hydrogen) atoms. The van der Waals surface area contributed by atoms with Crippen LogP contribution in [0, 0.1) is 17.6 Å². The van der Waals surface area contributed by atoms with E-state index in [1.165, 1.54) is 16.6 Å². The third kappa shape index (κ3) is 2.23. The summed E-state index contributed by atoms with van der Waals surface area (Å²) in [6.07, 6.45) is 2.25. The number of para-hydroxylation sites is 1.